The molecule has 8 heteroatoms. The average Bonchev–Trinajstić information content (AvgIpc) is 2.94. The van der Waals surface area contributed by atoms with E-state index in [1.165, 1.54) is 10.8 Å². The number of aromatic nitrogens is 2. The first-order valence-electron chi connectivity index (χ1n) is 7.69. The highest BCUT2D eigenvalue weighted by Gasteiger charge is 2.35. The quantitative estimate of drug-likeness (QED) is 0.644. The molecule has 126 valence electrons. The van der Waals surface area contributed by atoms with Crippen LogP contribution in [0.3, 0.4) is 0 Å². The Labute approximate surface area is 137 Å². The molecule has 2 aromatic rings. The summed E-state index contributed by atoms with van der Waals surface area (Å²) in [7, 11) is 0. The van der Waals surface area contributed by atoms with Gasteiger partial charge >= 0.3 is 5.69 Å². The highest BCUT2D eigenvalue weighted by atomic mass is 16.5. The van der Waals surface area contributed by atoms with E-state index in [0.717, 1.165) is 11.3 Å². The van der Waals surface area contributed by atoms with Crippen LogP contribution in [0, 0.1) is 6.92 Å². The fraction of sp³-hybridized carbons (Fsp3) is 0.375. The van der Waals surface area contributed by atoms with E-state index < -0.39 is 24.1 Å². The SMILES string of the molecule is Cc1cccc2c1Nc1nc(=O)n(C3CC(O)C(CO)O3)cc1O2. The third kappa shape index (κ3) is 2.35. The first kappa shape index (κ1) is 15.1. The van der Waals surface area contributed by atoms with Gasteiger partial charge in [0.15, 0.2) is 17.3 Å². The Balaban J connectivity index is 1.70. The molecule has 0 saturated carbocycles. The van der Waals surface area contributed by atoms with Gasteiger partial charge in [0.2, 0.25) is 0 Å². The molecular weight excluding hydrogens is 314 g/mol. The molecule has 0 spiro atoms. The summed E-state index contributed by atoms with van der Waals surface area (Å²) in [6.45, 7) is 1.62. The lowest BCUT2D eigenvalue weighted by Gasteiger charge is -2.23. The zero-order chi connectivity index (χ0) is 16.8. The second-order valence-corrected chi connectivity index (χ2v) is 5.93. The molecule has 2 aliphatic rings. The Morgan fingerprint density at radius 2 is 2.25 bits per heavy atom. The van der Waals surface area contributed by atoms with Crippen LogP contribution in [0.2, 0.25) is 0 Å². The van der Waals surface area contributed by atoms with E-state index in [-0.39, 0.29) is 13.0 Å². The monoisotopic (exact) mass is 331 g/mol. The van der Waals surface area contributed by atoms with Crippen molar-refractivity contribution in [3.63, 3.8) is 0 Å². The van der Waals surface area contributed by atoms with Crippen molar-refractivity contribution in [2.75, 3.05) is 11.9 Å². The number of nitrogens with one attached hydrogen (secondary N) is 1. The van der Waals surface area contributed by atoms with Crippen LogP contribution in [-0.4, -0.2) is 38.6 Å². The molecule has 0 aliphatic carbocycles. The maximum Gasteiger partial charge on any atom is 0.351 e. The Bertz CT molecular complexity index is 850. The second kappa shape index (κ2) is 5.59. The van der Waals surface area contributed by atoms with Gasteiger partial charge in [0.05, 0.1) is 24.6 Å². The number of anilines is 2. The van der Waals surface area contributed by atoms with Crippen molar-refractivity contribution in [3.05, 3.63) is 40.4 Å². The van der Waals surface area contributed by atoms with Gasteiger partial charge in [0.1, 0.15) is 12.3 Å². The number of aryl methyl sites for hydroxylation is 1. The Morgan fingerprint density at radius 1 is 1.42 bits per heavy atom. The Hall–Kier alpha value is -2.42. The standard InChI is InChI=1S/C16H17N3O5/c1-8-3-2-4-10-14(8)17-15-11(23-10)6-19(16(22)18-15)13-5-9(21)12(7-20)24-13/h2-4,6,9,12-13,20-21H,5,7H2,1H3,(H,17,18,22). The molecule has 1 saturated heterocycles. The first-order valence-corrected chi connectivity index (χ1v) is 7.69. The third-order valence-electron chi connectivity index (χ3n) is 4.31. The third-order valence-corrected chi connectivity index (χ3v) is 4.31. The van der Waals surface area contributed by atoms with Gasteiger partial charge in [-0.15, -0.1) is 0 Å². The smallest absolute Gasteiger partial charge is 0.351 e. The first-order chi connectivity index (χ1) is 11.6. The van der Waals surface area contributed by atoms with Crippen LogP contribution in [-0.2, 0) is 4.74 Å². The van der Waals surface area contributed by atoms with Crippen LogP contribution in [0.25, 0.3) is 0 Å². The van der Waals surface area contributed by atoms with Crippen molar-refractivity contribution in [2.45, 2.75) is 31.8 Å². The van der Waals surface area contributed by atoms with Gasteiger partial charge in [0.25, 0.3) is 0 Å². The molecule has 8 nitrogen and oxygen atoms in total. The minimum absolute atomic E-state index is 0.203. The van der Waals surface area contributed by atoms with Gasteiger partial charge in [-0.3, -0.25) is 4.57 Å². The van der Waals surface area contributed by atoms with E-state index in [4.69, 9.17) is 9.47 Å². The molecule has 24 heavy (non-hydrogen) atoms. The number of fused-ring (bicyclic) bond motifs is 2. The molecule has 1 aromatic carbocycles. The van der Waals surface area contributed by atoms with E-state index in [2.05, 4.69) is 10.3 Å². The topological polar surface area (TPSA) is 106 Å². The van der Waals surface area contributed by atoms with Gasteiger partial charge in [-0.25, -0.2) is 4.79 Å². The number of aliphatic hydroxyl groups is 2. The largest absolute Gasteiger partial charge is 0.450 e. The van der Waals surface area contributed by atoms with E-state index in [0.29, 0.717) is 17.3 Å². The van der Waals surface area contributed by atoms with E-state index in [9.17, 15) is 15.0 Å². The fourth-order valence-corrected chi connectivity index (χ4v) is 2.99. The fourth-order valence-electron chi connectivity index (χ4n) is 2.99. The molecular formula is C16H17N3O5. The van der Waals surface area contributed by atoms with E-state index >= 15 is 0 Å². The zero-order valence-electron chi connectivity index (χ0n) is 13.0. The molecule has 2 aliphatic heterocycles. The number of hydrogen-bond donors (Lipinski definition) is 3. The van der Waals surface area contributed by atoms with Gasteiger partial charge in [-0.05, 0) is 18.6 Å². The minimum Gasteiger partial charge on any atom is -0.450 e. The number of hydrogen-bond acceptors (Lipinski definition) is 7. The summed E-state index contributed by atoms with van der Waals surface area (Å²) >= 11 is 0. The van der Waals surface area contributed by atoms with Crippen molar-refractivity contribution in [2.24, 2.45) is 0 Å². The molecule has 4 rings (SSSR count). The molecule has 3 atom stereocenters. The lowest BCUT2D eigenvalue weighted by molar-refractivity contribution is -0.0459. The number of nitrogens with zero attached hydrogens (tertiary/aromatic N) is 2. The summed E-state index contributed by atoms with van der Waals surface area (Å²) in [4.78, 5) is 16.3. The summed E-state index contributed by atoms with van der Waals surface area (Å²) < 4.78 is 12.6. The summed E-state index contributed by atoms with van der Waals surface area (Å²) in [5, 5.41) is 22.1. The predicted molar refractivity (Wildman–Crippen MR) is 84.7 cm³/mol. The molecule has 3 unspecified atom stereocenters. The maximum atomic E-state index is 12.3. The number of aliphatic hydroxyl groups excluding tert-OH is 2. The lowest BCUT2D eigenvalue weighted by Crippen LogP contribution is -2.29. The van der Waals surface area contributed by atoms with E-state index in [1.54, 1.807) is 0 Å². The second-order valence-electron chi connectivity index (χ2n) is 5.93. The normalized spacial score (nSPS) is 24.7. The van der Waals surface area contributed by atoms with Crippen molar-refractivity contribution in [1.82, 2.24) is 9.55 Å². The van der Waals surface area contributed by atoms with Crippen LogP contribution in [0.1, 0.15) is 18.2 Å². The Kier molecular flexibility index (Phi) is 3.52. The van der Waals surface area contributed by atoms with Crippen LogP contribution < -0.4 is 15.7 Å². The van der Waals surface area contributed by atoms with Crippen LogP contribution in [0.4, 0.5) is 11.5 Å². The molecule has 1 fully saturated rings. The van der Waals surface area contributed by atoms with Crippen LogP contribution in [0.15, 0.2) is 29.2 Å². The number of para-hydroxylation sites is 1. The van der Waals surface area contributed by atoms with Crippen molar-refractivity contribution in [1.29, 1.82) is 0 Å². The Morgan fingerprint density at radius 3 is 3.00 bits per heavy atom. The highest BCUT2D eigenvalue weighted by molar-refractivity contribution is 5.74. The van der Waals surface area contributed by atoms with E-state index in [1.807, 2.05) is 25.1 Å². The maximum absolute atomic E-state index is 12.3. The molecule has 3 heterocycles. The van der Waals surface area contributed by atoms with Crippen molar-refractivity contribution in [3.8, 4) is 11.5 Å². The summed E-state index contributed by atoms with van der Waals surface area (Å²) in [6, 6.07) is 5.64. The molecule has 1 aromatic heterocycles. The van der Waals surface area contributed by atoms with Gasteiger partial charge in [0, 0.05) is 6.42 Å². The van der Waals surface area contributed by atoms with Gasteiger partial charge in [-0.2, -0.15) is 4.98 Å². The summed E-state index contributed by atoms with van der Waals surface area (Å²) in [5.41, 5.74) is 1.25. The number of ether oxygens (including phenoxy) is 2. The van der Waals surface area contributed by atoms with Crippen LogP contribution >= 0.6 is 0 Å². The molecule has 0 amide bonds. The average molecular weight is 331 g/mol. The minimum atomic E-state index is -0.828. The zero-order valence-corrected chi connectivity index (χ0v) is 13.0. The lowest BCUT2D eigenvalue weighted by atomic mass is 10.1. The van der Waals surface area contributed by atoms with Gasteiger partial charge in [-0.1, -0.05) is 12.1 Å². The molecule has 0 radical (unpaired) electrons. The van der Waals surface area contributed by atoms with Crippen molar-refractivity contribution >= 4 is 11.5 Å². The summed E-state index contributed by atoms with van der Waals surface area (Å²) in [5.74, 6) is 1.39. The number of benzene rings is 1. The number of rotatable bonds is 2. The molecule has 3 N–H and O–H groups in total. The van der Waals surface area contributed by atoms with Gasteiger partial charge < -0.3 is 25.0 Å². The predicted octanol–water partition coefficient (Wildman–Crippen LogP) is 1.04. The highest BCUT2D eigenvalue weighted by Crippen LogP contribution is 2.42. The van der Waals surface area contributed by atoms with Crippen LogP contribution in [0.5, 0.6) is 11.5 Å². The summed E-state index contributed by atoms with van der Waals surface area (Å²) in [6.07, 6.45) is -0.509. The van der Waals surface area contributed by atoms with Crippen molar-refractivity contribution < 1.29 is 19.7 Å². The molecule has 0 bridgehead atoms.